The van der Waals surface area contributed by atoms with E-state index >= 15 is 0 Å². The van der Waals surface area contributed by atoms with Crippen molar-refractivity contribution in [2.75, 3.05) is 28.3 Å². The standard InChI is InChI=1S/C19H24FN3O2.HI/c1-21-19(23(2)13-14-5-8-16(20)9-6-14)22-12-15-7-10-17(24-3)11-18(15)25-4;/h5-11H,12-13H2,1-4H3,(H,21,22);1H. The van der Waals surface area contributed by atoms with Crippen molar-refractivity contribution < 1.29 is 13.9 Å². The minimum atomic E-state index is -0.236. The summed E-state index contributed by atoms with van der Waals surface area (Å²) in [7, 11) is 6.92. The first-order valence-corrected chi connectivity index (χ1v) is 7.94. The first kappa shape index (κ1) is 22.0. The average molecular weight is 473 g/mol. The van der Waals surface area contributed by atoms with E-state index in [0.29, 0.717) is 13.1 Å². The molecule has 0 unspecified atom stereocenters. The van der Waals surface area contributed by atoms with Crippen molar-refractivity contribution in [1.82, 2.24) is 10.2 Å². The fourth-order valence-electron chi connectivity index (χ4n) is 2.50. The summed E-state index contributed by atoms with van der Waals surface area (Å²) >= 11 is 0. The third-order valence-corrected chi connectivity index (χ3v) is 3.84. The summed E-state index contributed by atoms with van der Waals surface area (Å²) in [6.45, 7) is 1.19. The topological polar surface area (TPSA) is 46.1 Å². The van der Waals surface area contributed by atoms with Crippen LogP contribution in [0.1, 0.15) is 11.1 Å². The van der Waals surface area contributed by atoms with Crippen molar-refractivity contribution in [3.05, 3.63) is 59.4 Å². The molecule has 2 rings (SSSR count). The Kier molecular flexibility index (Phi) is 9.18. The number of aliphatic imine (C=N–C) groups is 1. The van der Waals surface area contributed by atoms with Crippen LogP contribution in [0, 0.1) is 5.82 Å². The maximum atomic E-state index is 13.0. The molecule has 0 aromatic heterocycles. The minimum Gasteiger partial charge on any atom is -0.497 e. The second-order valence-electron chi connectivity index (χ2n) is 5.56. The van der Waals surface area contributed by atoms with Crippen LogP contribution in [0.2, 0.25) is 0 Å². The van der Waals surface area contributed by atoms with E-state index in [9.17, 15) is 4.39 Å². The molecule has 2 aromatic carbocycles. The Labute approximate surface area is 171 Å². The summed E-state index contributed by atoms with van der Waals surface area (Å²) in [4.78, 5) is 6.27. The molecule has 0 saturated heterocycles. The molecule has 7 heteroatoms. The second kappa shape index (κ2) is 10.8. The second-order valence-corrected chi connectivity index (χ2v) is 5.56. The molecule has 0 atom stereocenters. The Balaban J connectivity index is 0.00000338. The first-order chi connectivity index (χ1) is 12.1. The van der Waals surface area contributed by atoms with Gasteiger partial charge in [0.05, 0.1) is 14.2 Å². The SMILES string of the molecule is CN=C(NCc1ccc(OC)cc1OC)N(C)Cc1ccc(F)cc1.I. The molecule has 0 fully saturated rings. The molecule has 0 amide bonds. The molecule has 142 valence electrons. The number of hydrogen-bond donors (Lipinski definition) is 1. The lowest BCUT2D eigenvalue weighted by molar-refractivity contribution is 0.390. The third kappa shape index (κ3) is 6.05. The van der Waals surface area contributed by atoms with Gasteiger partial charge in [0.2, 0.25) is 0 Å². The van der Waals surface area contributed by atoms with Crippen molar-refractivity contribution in [2.45, 2.75) is 13.1 Å². The van der Waals surface area contributed by atoms with Crippen LogP contribution >= 0.6 is 24.0 Å². The summed E-state index contributed by atoms with van der Waals surface area (Å²) in [6, 6.07) is 12.2. The summed E-state index contributed by atoms with van der Waals surface area (Å²) < 4.78 is 23.6. The number of benzene rings is 2. The molecule has 0 spiro atoms. The van der Waals surface area contributed by atoms with Gasteiger partial charge >= 0.3 is 0 Å². The number of hydrogen-bond acceptors (Lipinski definition) is 3. The van der Waals surface area contributed by atoms with E-state index in [1.165, 1.54) is 12.1 Å². The minimum absolute atomic E-state index is 0. The van der Waals surface area contributed by atoms with E-state index in [0.717, 1.165) is 28.6 Å². The van der Waals surface area contributed by atoms with E-state index < -0.39 is 0 Å². The average Bonchev–Trinajstić information content (AvgIpc) is 2.64. The van der Waals surface area contributed by atoms with E-state index in [4.69, 9.17) is 9.47 Å². The largest absolute Gasteiger partial charge is 0.497 e. The van der Waals surface area contributed by atoms with Crippen molar-refractivity contribution in [1.29, 1.82) is 0 Å². The smallest absolute Gasteiger partial charge is 0.193 e. The Morgan fingerprint density at radius 1 is 1.12 bits per heavy atom. The number of rotatable bonds is 6. The van der Waals surface area contributed by atoms with Gasteiger partial charge in [-0.15, -0.1) is 24.0 Å². The fraction of sp³-hybridized carbons (Fsp3) is 0.316. The Bertz CT molecular complexity index is 723. The van der Waals surface area contributed by atoms with Crippen LogP contribution in [-0.2, 0) is 13.1 Å². The zero-order valence-corrected chi connectivity index (χ0v) is 17.8. The molecule has 0 aliphatic carbocycles. The quantitative estimate of drug-likeness (QED) is 0.395. The van der Waals surface area contributed by atoms with Crippen molar-refractivity contribution in [2.24, 2.45) is 4.99 Å². The molecule has 2 aromatic rings. The van der Waals surface area contributed by atoms with Crippen molar-refractivity contribution in [3.63, 3.8) is 0 Å². The Morgan fingerprint density at radius 2 is 1.81 bits per heavy atom. The van der Waals surface area contributed by atoms with Crippen molar-refractivity contribution in [3.8, 4) is 11.5 Å². The summed E-state index contributed by atoms with van der Waals surface area (Å²) in [5, 5.41) is 3.31. The summed E-state index contributed by atoms with van der Waals surface area (Å²) in [5.41, 5.74) is 2.01. The van der Waals surface area contributed by atoms with Gasteiger partial charge < -0.3 is 19.7 Å². The van der Waals surface area contributed by atoms with Crippen LogP contribution in [0.25, 0.3) is 0 Å². The maximum Gasteiger partial charge on any atom is 0.193 e. The lowest BCUT2D eigenvalue weighted by Crippen LogP contribution is -2.38. The molecule has 0 aliphatic rings. The molecule has 1 N–H and O–H groups in total. The third-order valence-electron chi connectivity index (χ3n) is 3.84. The van der Waals surface area contributed by atoms with Gasteiger partial charge in [0.15, 0.2) is 5.96 Å². The number of ether oxygens (including phenoxy) is 2. The molecule has 0 heterocycles. The highest BCUT2D eigenvalue weighted by Gasteiger charge is 2.09. The molecular formula is C19H25FIN3O2. The van der Waals surface area contributed by atoms with Gasteiger partial charge in [-0.3, -0.25) is 4.99 Å². The highest BCUT2D eigenvalue weighted by molar-refractivity contribution is 14.0. The highest BCUT2D eigenvalue weighted by atomic mass is 127. The lowest BCUT2D eigenvalue weighted by atomic mass is 10.2. The molecule has 5 nitrogen and oxygen atoms in total. The number of methoxy groups -OCH3 is 2. The van der Waals surface area contributed by atoms with Gasteiger partial charge in [-0.25, -0.2) is 4.39 Å². The van der Waals surface area contributed by atoms with Crippen LogP contribution in [0.3, 0.4) is 0 Å². The molecule has 0 bridgehead atoms. The van der Waals surface area contributed by atoms with Gasteiger partial charge in [0.1, 0.15) is 17.3 Å². The molecule has 0 aliphatic heterocycles. The van der Waals surface area contributed by atoms with E-state index in [1.54, 1.807) is 33.4 Å². The Morgan fingerprint density at radius 3 is 2.38 bits per heavy atom. The van der Waals surface area contributed by atoms with Gasteiger partial charge in [-0.1, -0.05) is 12.1 Å². The van der Waals surface area contributed by atoms with Crippen LogP contribution in [0.4, 0.5) is 4.39 Å². The predicted octanol–water partition coefficient (Wildman–Crippen LogP) is 3.67. The molecule has 0 saturated carbocycles. The van der Waals surface area contributed by atoms with Crippen LogP contribution in [0.5, 0.6) is 11.5 Å². The zero-order valence-electron chi connectivity index (χ0n) is 15.5. The van der Waals surface area contributed by atoms with Crippen molar-refractivity contribution >= 4 is 29.9 Å². The van der Waals surface area contributed by atoms with Gasteiger partial charge in [0, 0.05) is 38.8 Å². The molecule has 26 heavy (non-hydrogen) atoms. The lowest BCUT2D eigenvalue weighted by Gasteiger charge is -2.22. The van der Waals surface area contributed by atoms with Crippen LogP contribution < -0.4 is 14.8 Å². The number of halogens is 2. The van der Waals surface area contributed by atoms with Crippen LogP contribution in [-0.4, -0.2) is 39.2 Å². The number of nitrogens with zero attached hydrogens (tertiary/aromatic N) is 2. The van der Waals surface area contributed by atoms with E-state index in [1.807, 2.05) is 30.1 Å². The zero-order chi connectivity index (χ0) is 18.2. The maximum absolute atomic E-state index is 13.0. The highest BCUT2D eigenvalue weighted by Crippen LogP contribution is 2.24. The first-order valence-electron chi connectivity index (χ1n) is 7.94. The van der Waals surface area contributed by atoms with Gasteiger partial charge in [-0.2, -0.15) is 0 Å². The molecular weight excluding hydrogens is 448 g/mol. The van der Waals surface area contributed by atoms with Gasteiger partial charge in [0.25, 0.3) is 0 Å². The normalized spacial score (nSPS) is 10.7. The number of guanidine groups is 1. The predicted molar refractivity (Wildman–Crippen MR) is 113 cm³/mol. The fourth-order valence-corrected chi connectivity index (χ4v) is 2.50. The monoisotopic (exact) mass is 473 g/mol. The molecule has 0 radical (unpaired) electrons. The van der Waals surface area contributed by atoms with Crippen LogP contribution in [0.15, 0.2) is 47.5 Å². The Hall–Kier alpha value is -2.03. The van der Waals surface area contributed by atoms with E-state index in [2.05, 4.69) is 10.3 Å². The number of nitrogens with one attached hydrogen (secondary N) is 1. The summed E-state index contributed by atoms with van der Waals surface area (Å²) in [5.74, 6) is 2.00. The summed E-state index contributed by atoms with van der Waals surface area (Å²) in [6.07, 6.45) is 0. The van der Waals surface area contributed by atoms with Gasteiger partial charge in [-0.05, 0) is 29.8 Å². The van der Waals surface area contributed by atoms with E-state index in [-0.39, 0.29) is 29.8 Å².